The Bertz CT molecular complexity index is 411. The SMILES string of the molecule is Nc1nc(NCC2CC2)nc(N2CCCCC2)n1. The fraction of sp³-hybridized carbons (Fsp3) is 0.750. The third-order valence-corrected chi connectivity index (χ3v) is 3.53. The predicted molar refractivity (Wildman–Crippen MR) is 71.5 cm³/mol. The van der Waals surface area contributed by atoms with Crippen LogP contribution in [0.5, 0.6) is 0 Å². The van der Waals surface area contributed by atoms with Crippen LogP contribution in [0.4, 0.5) is 17.8 Å². The van der Waals surface area contributed by atoms with Crippen LogP contribution in [0.1, 0.15) is 32.1 Å². The van der Waals surface area contributed by atoms with Gasteiger partial charge in [-0.05, 0) is 38.0 Å². The van der Waals surface area contributed by atoms with Gasteiger partial charge in [0, 0.05) is 19.6 Å². The number of nitrogen functional groups attached to an aromatic ring is 1. The Morgan fingerprint density at radius 3 is 2.61 bits per heavy atom. The summed E-state index contributed by atoms with van der Waals surface area (Å²) in [7, 11) is 0. The Hall–Kier alpha value is -1.59. The van der Waals surface area contributed by atoms with Crippen molar-refractivity contribution in [2.24, 2.45) is 5.92 Å². The van der Waals surface area contributed by atoms with E-state index in [0.29, 0.717) is 11.9 Å². The second-order valence-corrected chi connectivity index (χ2v) is 5.19. The second kappa shape index (κ2) is 4.96. The molecule has 1 saturated carbocycles. The standard InChI is InChI=1S/C12H20N6/c13-10-15-11(14-8-9-4-5-9)17-12(16-10)18-6-2-1-3-7-18/h9H,1-8H2,(H3,13,14,15,16,17). The number of hydrogen-bond acceptors (Lipinski definition) is 6. The van der Waals surface area contributed by atoms with Crippen LogP contribution in [0.25, 0.3) is 0 Å². The maximum absolute atomic E-state index is 5.76. The van der Waals surface area contributed by atoms with Gasteiger partial charge in [-0.25, -0.2) is 0 Å². The number of anilines is 3. The first-order chi connectivity index (χ1) is 8.81. The van der Waals surface area contributed by atoms with E-state index in [-0.39, 0.29) is 0 Å². The van der Waals surface area contributed by atoms with Gasteiger partial charge >= 0.3 is 0 Å². The van der Waals surface area contributed by atoms with Gasteiger partial charge in [0.15, 0.2) is 0 Å². The van der Waals surface area contributed by atoms with Gasteiger partial charge in [-0.2, -0.15) is 15.0 Å². The molecule has 1 saturated heterocycles. The van der Waals surface area contributed by atoms with Crippen molar-refractivity contribution in [3.8, 4) is 0 Å². The molecule has 1 aliphatic heterocycles. The van der Waals surface area contributed by atoms with Crippen molar-refractivity contribution in [2.45, 2.75) is 32.1 Å². The van der Waals surface area contributed by atoms with E-state index in [0.717, 1.165) is 31.5 Å². The van der Waals surface area contributed by atoms with E-state index in [1.807, 2.05) is 0 Å². The van der Waals surface area contributed by atoms with Crippen molar-refractivity contribution in [1.29, 1.82) is 0 Å². The van der Waals surface area contributed by atoms with Crippen molar-refractivity contribution >= 4 is 17.8 Å². The third-order valence-electron chi connectivity index (χ3n) is 3.53. The Balaban J connectivity index is 1.71. The number of nitrogens with one attached hydrogen (secondary N) is 1. The maximum atomic E-state index is 5.76. The van der Waals surface area contributed by atoms with E-state index in [9.17, 15) is 0 Å². The largest absolute Gasteiger partial charge is 0.368 e. The summed E-state index contributed by atoms with van der Waals surface area (Å²) in [6.07, 6.45) is 6.33. The highest BCUT2D eigenvalue weighted by molar-refractivity contribution is 5.42. The van der Waals surface area contributed by atoms with Crippen molar-refractivity contribution in [3.05, 3.63) is 0 Å². The molecular formula is C12H20N6. The lowest BCUT2D eigenvalue weighted by Crippen LogP contribution is -2.31. The summed E-state index contributed by atoms with van der Waals surface area (Å²) in [4.78, 5) is 15.1. The molecule has 2 fully saturated rings. The molecule has 0 atom stereocenters. The fourth-order valence-electron chi connectivity index (χ4n) is 2.25. The number of nitrogens with zero attached hydrogens (tertiary/aromatic N) is 4. The number of nitrogens with two attached hydrogens (primary N) is 1. The predicted octanol–water partition coefficient (Wildman–Crippen LogP) is 1.27. The molecule has 0 radical (unpaired) electrons. The first-order valence-electron chi connectivity index (χ1n) is 6.81. The number of hydrogen-bond donors (Lipinski definition) is 2. The fourth-order valence-corrected chi connectivity index (χ4v) is 2.25. The molecule has 1 aromatic heterocycles. The molecule has 2 heterocycles. The zero-order valence-electron chi connectivity index (χ0n) is 10.6. The van der Waals surface area contributed by atoms with Crippen molar-refractivity contribution in [1.82, 2.24) is 15.0 Å². The van der Waals surface area contributed by atoms with Gasteiger partial charge in [-0.3, -0.25) is 0 Å². The maximum Gasteiger partial charge on any atom is 0.231 e. The second-order valence-electron chi connectivity index (χ2n) is 5.19. The Labute approximate surface area is 107 Å². The van der Waals surface area contributed by atoms with Crippen LogP contribution < -0.4 is 16.0 Å². The molecule has 6 nitrogen and oxygen atoms in total. The van der Waals surface area contributed by atoms with Crippen LogP contribution in [-0.4, -0.2) is 34.6 Å². The highest BCUT2D eigenvalue weighted by Crippen LogP contribution is 2.28. The van der Waals surface area contributed by atoms with Gasteiger partial charge in [-0.15, -0.1) is 0 Å². The molecule has 98 valence electrons. The highest BCUT2D eigenvalue weighted by atomic mass is 15.3. The zero-order chi connectivity index (χ0) is 12.4. The van der Waals surface area contributed by atoms with E-state index >= 15 is 0 Å². The molecule has 1 aromatic rings. The molecule has 0 bridgehead atoms. The molecule has 0 amide bonds. The molecule has 1 aliphatic carbocycles. The highest BCUT2D eigenvalue weighted by Gasteiger charge is 2.21. The van der Waals surface area contributed by atoms with Crippen LogP contribution in [-0.2, 0) is 0 Å². The van der Waals surface area contributed by atoms with Crippen LogP contribution >= 0.6 is 0 Å². The summed E-state index contributed by atoms with van der Waals surface area (Å²) in [5.41, 5.74) is 5.76. The van der Waals surface area contributed by atoms with Crippen molar-refractivity contribution < 1.29 is 0 Å². The van der Waals surface area contributed by atoms with Crippen LogP contribution in [0.15, 0.2) is 0 Å². The summed E-state index contributed by atoms with van der Waals surface area (Å²) in [6, 6.07) is 0. The minimum absolute atomic E-state index is 0.309. The quantitative estimate of drug-likeness (QED) is 0.835. The van der Waals surface area contributed by atoms with E-state index in [4.69, 9.17) is 5.73 Å². The Kier molecular flexibility index (Phi) is 3.17. The van der Waals surface area contributed by atoms with Crippen LogP contribution in [0.2, 0.25) is 0 Å². The minimum atomic E-state index is 0.309. The molecular weight excluding hydrogens is 228 g/mol. The first-order valence-corrected chi connectivity index (χ1v) is 6.81. The summed E-state index contributed by atoms with van der Waals surface area (Å²) in [6.45, 7) is 2.99. The average molecular weight is 248 g/mol. The molecule has 0 unspecified atom stereocenters. The Morgan fingerprint density at radius 1 is 1.11 bits per heavy atom. The van der Waals surface area contributed by atoms with E-state index < -0.39 is 0 Å². The van der Waals surface area contributed by atoms with Crippen molar-refractivity contribution in [2.75, 3.05) is 35.6 Å². The summed E-state index contributed by atoms with van der Waals surface area (Å²) >= 11 is 0. The molecule has 3 N–H and O–H groups in total. The number of aromatic nitrogens is 3. The molecule has 0 aromatic carbocycles. The summed E-state index contributed by atoms with van der Waals surface area (Å²) in [5, 5.41) is 3.26. The molecule has 3 rings (SSSR count). The molecule has 0 spiro atoms. The number of piperidine rings is 1. The lowest BCUT2D eigenvalue weighted by Gasteiger charge is -2.26. The van der Waals surface area contributed by atoms with Gasteiger partial charge in [-0.1, -0.05) is 0 Å². The lowest BCUT2D eigenvalue weighted by atomic mass is 10.1. The van der Waals surface area contributed by atoms with Crippen molar-refractivity contribution in [3.63, 3.8) is 0 Å². The van der Waals surface area contributed by atoms with Gasteiger partial charge in [0.25, 0.3) is 0 Å². The van der Waals surface area contributed by atoms with E-state index in [1.54, 1.807) is 0 Å². The van der Waals surface area contributed by atoms with Gasteiger partial charge in [0.05, 0.1) is 0 Å². The first kappa shape index (κ1) is 11.5. The summed E-state index contributed by atoms with van der Waals surface area (Å²) in [5.74, 6) is 2.45. The monoisotopic (exact) mass is 248 g/mol. The Morgan fingerprint density at radius 2 is 1.89 bits per heavy atom. The van der Waals surface area contributed by atoms with E-state index in [2.05, 4.69) is 25.2 Å². The number of rotatable bonds is 4. The summed E-state index contributed by atoms with van der Waals surface area (Å²) < 4.78 is 0. The minimum Gasteiger partial charge on any atom is -0.368 e. The normalized spacial score (nSPS) is 19.9. The smallest absolute Gasteiger partial charge is 0.231 e. The van der Waals surface area contributed by atoms with Gasteiger partial charge in [0.1, 0.15) is 0 Å². The van der Waals surface area contributed by atoms with Gasteiger partial charge in [0.2, 0.25) is 17.8 Å². The lowest BCUT2D eigenvalue weighted by molar-refractivity contribution is 0.568. The van der Waals surface area contributed by atoms with Crippen LogP contribution in [0.3, 0.4) is 0 Å². The third kappa shape index (κ3) is 2.80. The topological polar surface area (TPSA) is 80.0 Å². The zero-order valence-corrected chi connectivity index (χ0v) is 10.6. The van der Waals surface area contributed by atoms with Crippen LogP contribution in [0, 0.1) is 5.92 Å². The molecule has 2 aliphatic rings. The van der Waals surface area contributed by atoms with Gasteiger partial charge < -0.3 is 16.0 Å². The van der Waals surface area contributed by atoms with E-state index in [1.165, 1.54) is 32.1 Å². The molecule has 6 heteroatoms. The average Bonchev–Trinajstić information content (AvgIpc) is 3.21. The molecule has 18 heavy (non-hydrogen) atoms.